The summed E-state index contributed by atoms with van der Waals surface area (Å²) in [5, 5.41) is 60.5. The zero-order valence-electron chi connectivity index (χ0n) is 47.7. The lowest BCUT2D eigenvalue weighted by Crippen LogP contribution is -2.69. The van der Waals surface area contributed by atoms with Gasteiger partial charge in [-0.2, -0.15) is 0 Å². The summed E-state index contributed by atoms with van der Waals surface area (Å²) in [6, 6.07) is -1.54. The van der Waals surface area contributed by atoms with Crippen LogP contribution in [0.15, 0.2) is 23.8 Å². The van der Waals surface area contributed by atoms with Crippen LogP contribution in [0.1, 0.15) is 147 Å². The maximum atomic E-state index is 17.7. The predicted molar refractivity (Wildman–Crippen MR) is 276 cm³/mol. The second-order valence-corrected chi connectivity index (χ2v) is 24.9. The fourth-order valence-corrected chi connectivity index (χ4v) is 14.7. The molecule has 22 atom stereocenters. The molecule has 2 saturated carbocycles. The molecule has 0 aromatic heterocycles. The maximum Gasteiger partial charge on any atom is 0.338 e. The Balaban J connectivity index is 1.22. The number of aliphatic hydroxyl groups excluding tert-OH is 2. The molecular weight excluding hydrogens is 988 g/mol. The molecule has 0 radical (unpaired) electrons. The summed E-state index contributed by atoms with van der Waals surface area (Å²) in [7, 11) is 5.43. The SMILES string of the molecule is CC[C@H]1OC(=O)[C@H](C)[C@@H](OC(=O)CCCCOC(=O)[C@@]2(O)[C@H](C)CC3C4CC=C5CC(=O)C=C[C@]5(C)[C@@]4(F)[C@@H](O)C[C@@]32C)[C@H](C)[C@@H](O[C@@H]2O[C@H](C)C[C@@H](N(C)C)[C@H]2OC(C)=O)C(C)(O)C[C@@H](C)N(C)[C@H](C)[C@@H](O)[C@]1(C)O. The van der Waals surface area contributed by atoms with Crippen LogP contribution >= 0.6 is 0 Å². The largest absolute Gasteiger partial charge is 0.464 e. The summed E-state index contributed by atoms with van der Waals surface area (Å²) in [5.41, 5.74) is -9.80. The van der Waals surface area contributed by atoms with E-state index in [2.05, 4.69) is 0 Å². The fraction of sp³-hybridized carbons (Fsp3) is 0.842. The summed E-state index contributed by atoms with van der Waals surface area (Å²) in [6.07, 6.45) is -3.45. The van der Waals surface area contributed by atoms with Gasteiger partial charge in [0.1, 0.15) is 23.9 Å². The molecule has 5 N–H and O–H groups in total. The van der Waals surface area contributed by atoms with Gasteiger partial charge in [0, 0.05) is 54.5 Å². The van der Waals surface area contributed by atoms with Crippen LogP contribution < -0.4 is 0 Å². The number of carbonyl (C=O) groups excluding carboxylic acids is 5. The molecule has 0 aromatic rings. The van der Waals surface area contributed by atoms with Gasteiger partial charge in [0.05, 0.1) is 42.5 Å². The number of nitrogens with zero attached hydrogens (tertiary/aromatic N) is 2. The Labute approximate surface area is 449 Å². The van der Waals surface area contributed by atoms with E-state index in [0.717, 1.165) is 0 Å². The molecule has 19 heteroatoms. The molecule has 76 heavy (non-hydrogen) atoms. The highest BCUT2D eigenvalue weighted by Gasteiger charge is 2.76. The van der Waals surface area contributed by atoms with Crippen molar-refractivity contribution in [3.05, 3.63) is 23.8 Å². The van der Waals surface area contributed by atoms with Crippen LogP contribution in [0.3, 0.4) is 0 Å². The number of alkyl halides is 1. The normalized spacial score (nSPS) is 46.4. The average molecular weight is 1080 g/mol. The lowest BCUT2D eigenvalue weighted by Gasteiger charge is -2.61. The maximum absolute atomic E-state index is 17.7. The van der Waals surface area contributed by atoms with Crippen molar-refractivity contribution in [3.63, 3.8) is 0 Å². The molecule has 3 unspecified atom stereocenters. The number of hydrogen-bond acceptors (Lipinski definition) is 18. The zero-order valence-corrected chi connectivity index (χ0v) is 47.7. The zero-order chi connectivity index (χ0) is 57.0. The second-order valence-electron chi connectivity index (χ2n) is 24.9. The van der Waals surface area contributed by atoms with E-state index in [1.807, 2.05) is 38.9 Å². The molecule has 0 aromatic carbocycles. The Morgan fingerprint density at radius 2 is 1.58 bits per heavy atom. The summed E-state index contributed by atoms with van der Waals surface area (Å²) in [5.74, 6) is -7.36. The summed E-state index contributed by atoms with van der Waals surface area (Å²) in [4.78, 5) is 71.3. The molecule has 0 spiro atoms. The molecule has 0 amide bonds. The van der Waals surface area contributed by atoms with Crippen molar-refractivity contribution >= 4 is 29.7 Å². The number of unbranched alkanes of at least 4 members (excludes halogenated alkanes) is 1. The number of rotatable bonds is 12. The molecule has 2 aliphatic heterocycles. The fourth-order valence-electron chi connectivity index (χ4n) is 14.7. The number of fused-ring (bicyclic) bond motifs is 5. The van der Waals surface area contributed by atoms with Crippen LogP contribution in [0, 0.1) is 40.4 Å². The van der Waals surface area contributed by atoms with E-state index >= 15 is 4.39 Å². The van der Waals surface area contributed by atoms with Gasteiger partial charge < -0.3 is 58.9 Å². The Morgan fingerprint density at radius 1 is 0.921 bits per heavy atom. The number of likely N-dealkylation sites (N-methyl/N-ethyl adjacent to an activating group) is 2. The number of ketones is 1. The molecule has 432 valence electrons. The molecule has 18 nitrogen and oxygen atoms in total. The van der Waals surface area contributed by atoms with Crippen molar-refractivity contribution in [3.8, 4) is 0 Å². The molecular formula is C57H91FN2O16. The van der Waals surface area contributed by atoms with Crippen LogP contribution in [0.2, 0.25) is 0 Å². The van der Waals surface area contributed by atoms with Crippen LogP contribution in [0.5, 0.6) is 0 Å². The number of hydrogen-bond donors (Lipinski definition) is 5. The highest BCUT2D eigenvalue weighted by molar-refractivity contribution is 5.93. The third kappa shape index (κ3) is 11.1. The van der Waals surface area contributed by atoms with Crippen molar-refractivity contribution in [2.75, 3.05) is 27.7 Å². The van der Waals surface area contributed by atoms with Gasteiger partial charge in [-0.05, 0) is 139 Å². The second kappa shape index (κ2) is 23.0. The third-order valence-electron chi connectivity index (χ3n) is 19.5. The molecule has 6 rings (SSSR count). The molecule has 0 bridgehead atoms. The van der Waals surface area contributed by atoms with Crippen LogP contribution in [-0.4, -0.2) is 182 Å². The number of ether oxygens (including phenoxy) is 6. The summed E-state index contributed by atoms with van der Waals surface area (Å²) < 4.78 is 54.8. The monoisotopic (exact) mass is 1080 g/mol. The first-order valence-electron chi connectivity index (χ1n) is 27.7. The van der Waals surface area contributed by atoms with Gasteiger partial charge in [0.15, 0.2) is 29.4 Å². The van der Waals surface area contributed by atoms with E-state index in [-0.39, 0.29) is 75.9 Å². The summed E-state index contributed by atoms with van der Waals surface area (Å²) in [6.45, 7) is 19.5. The van der Waals surface area contributed by atoms with Crippen LogP contribution in [-0.2, 0) is 52.4 Å². The van der Waals surface area contributed by atoms with Crippen molar-refractivity contribution in [1.82, 2.24) is 9.80 Å². The van der Waals surface area contributed by atoms with Gasteiger partial charge in [0.2, 0.25) is 0 Å². The Morgan fingerprint density at radius 3 is 2.20 bits per heavy atom. The number of halogens is 1. The van der Waals surface area contributed by atoms with Crippen molar-refractivity contribution < 1.29 is 82.3 Å². The number of allylic oxidation sites excluding steroid dienone is 4. The molecule has 2 saturated heterocycles. The quantitative estimate of drug-likeness (QED) is 0.0754. The highest BCUT2D eigenvalue weighted by atomic mass is 19.1. The molecule has 6 aliphatic rings. The van der Waals surface area contributed by atoms with E-state index in [0.29, 0.717) is 18.4 Å². The van der Waals surface area contributed by atoms with E-state index < -0.39 is 142 Å². The molecule has 2 heterocycles. The van der Waals surface area contributed by atoms with Crippen LogP contribution in [0.4, 0.5) is 4.39 Å². The highest BCUT2D eigenvalue weighted by Crippen LogP contribution is 2.70. The predicted octanol–water partition coefficient (Wildman–Crippen LogP) is 4.91. The Bertz CT molecular complexity index is 2210. The van der Waals surface area contributed by atoms with Gasteiger partial charge in [-0.3, -0.25) is 24.1 Å². The Hall–Kier alpha value is -3.40. The Kier molecular flexibility index (Phi) is 18.7. The third-order valence-corrected chi connectivity index (χ3v) is 19.5. The van der Waals surface area contributed by atoms with Gasteiger partial charge in [-0.1, -0.05) is 45.4 Å². The van der Waals surface area contributed by atoms with Crippen molar-refractivity contribution in [2.45, 2.75) is 237 Å². The number of cyclic esters (lactones) is 1. The van der Waals surface area contributed by atoms with Gasteiger partial charge >= 0.3 is 23.9 Å². The lowest BCUT2D eigenvalue weighted by atomic mass is 9.45. The minimum Gasteiger partial charge on any atom is -0.464 e. The molecule has 4 fully saturated rings. The molecule has 4 aliphatic carbocycles. The first-order valence-corrected chi connectivity index (χ1v) is 27.7. The van der Waals surface area contributed by atoms with Gasteiger partial charge in [0.25, 0.3) is 0 Å². The smallest absolute Gasteiger partial charge is 0.338 e. The van der Waals surface area contributed by atoms with Gasteiger partial charge in [-0.15, -0.1) is 0 Å². The first kappa shape index (κ1) is 61.8. The number of carbonyl (C=O) groups is 5. The first-order chi connectivity index (χ1) is 35.1. The van der Waals surface area contributed by atoms with Crippen molar-refractivity contribution in [1.29, 1.82) is 0 Å². The van der Waals surface area contributed by atoms with Crippen molar-refractivity contribution in [2.24, 2.45) is 40.4 Å². The van der Waals surface area contributed by atoms with E-state index in [1.54, 1.807) is 66.5 Å². The minimum atomic E-state index is -2.14. The minimum absolute atomic E-state index is 0.00857. The van der Waals surface area contributed by atoms with E-state index in [9.17, 15) is 49.5 Å². The van der Waals surface area contributed by atoms with E-state index in [1.165, 1.54) is 26.8 Å². The standard InChI is InChI=1S/C57H91FN2O16/c1-16-43-55(12,69)47(65)35(7)60(15)31(3)28-54(11,68)48(76-50-46(73-36(8)61)41(59(13)14)26-32(4)72-50)33(5)45(34(6)49(66)74-43)75-44(64)19-17-18-24-71-51(67)57(70)30(2)25-40-39-21-20-37-27-38(62)22-23-52(37,9)56(39,58)42(63)29-53(40,57)10/h20,22-23,30-35,39-43,45-48,50,63,65,68-70H,16-19,21,24-29H2,1-15H3/t30-,31-,32-,33+,34-,35-,39?,40?,41-,42+,43-,45+,46-,47-,48-,50+,52+,53+,54?,55-,56+,57+/m1/s1. The number of esters is 4. The average Bonchev–Trinajstić information content (AvgIpc) is 3.54. The summed E-state index contributed by atoms with van der Waals surface area (Å²) >= 11 is 0. The topological polar surface area (TPSA) is 248 Å². The van der Waals surface area contributed by atoms with Crippen LogP contribution in [0.25, 0.3) is 0 Å². The lowest BCUT2D eigenvalue weighted by molar-refractivity contribution is -0.302. The number of aliphatic hydroxyl groups is 5. The van der Waals surface area contributed by atoms with E-state index in [4.69, 9.17) is 28.4 Å². The van der Waals surface area contributed by atoms with Gasteiger partial charge in [-0.25, -0.2) is 9.18 Å².